The maximum atomic E-state index is 12.8. The molecule has 1 aromatic heterocycles. The van der Waals surface area contributed by atoms with E-state index in [0.717, 1.165) is 29.0 Å². The fourth-order valence-electron chi connectivity index (χ4n) is 3.19. The van der Waals surface area contributed by atoms with Gasteiger partial charge in [-0.05, 0) is 25.3 Å². The number of aryl methyl sites for hydroxylation is 1. The van der Waals surface area contributed by atoms with Gasteiger partial charge < -0.3 is 16.0 Å². The number of nitrogens with one attached hydrogen (secondary N) is 1. The van der Waals surface area contributed by atoms with Gasteiger partial charge in [-0.2, -0.15) is 0 Å². The molecule has 3 rings (SSSR count). The number of aromatic nitrogens is 1. The molecule has 1 aliphatic rings. The van der Waals surface area contributed by atoms with Crippen LogP contribution in [0.3, 0.4) is 0 Å². The van der Waals surface area contributed by atoms with Crippen molar-refractivity contribution in [2.75, 3.05) is 26.2 Å². The first-order valence-electron chi connectivity index (χ1n) is 8.88. The van der Waals surface area contributed by atoms with Gasteiger partial charge in [-0.15, -0.1) is 23.7 Å². The molecule has 3 N–H and O–H groups in total. The number of amides is 2. The normalized spacial score (nSPS) is 16.5. The minimum absolute atomic E-state index is 0. The van der Waals surface area contributed by atoms with Crippen molar-refractivity contribution in [1.29, 1.82) is 0 Å². The summed E-state index contributed by atoms with van der Waals surface area (Å²) in [6, 6.07) is 8.01. The number of hydrogen-bond acceptors (Lipinski definition) is 5. The second-order valence-corrected chi connectivity index (χ2v) is 7.38. The second-order valence-electron chi connectivity index (χ2n) is 6.52. The molecule has 0 bridgehead atoms. The number of halogens is 1. The number of likely N-dealkylation sites (tertiary alicyclic amines) is 1. The Morgan fingerprint density at radius 1 is 1.37 bits per heavy atom. The van der Waals surface area contributed by atoms with Crippen LogP contribution in [0.15, 0.2) is 29.6 Å². The molecule has 1 saturated heterocycles. The minimum Gasteiger partial charge on any atom is -0.355 e. The Kier molecular flexibility index (Phi) is 7.77. The van der Waals surface area contributed by atoms with E-state index in [1.807, 2.05) is 36.6 Å². The van der Waals surface area contributed by atoms with E-state index in [9.17, 15) is 9.59 Å². The molecule has 0 saturated carbocycles. The number of nitrogens with two attached hydrogens (primary N) is 1. The van der Waals surface area contributed by atoms with Crippen LogP contribution in [0.2, 0.25) is 0 Å². The standard InChI is InChI=1S/C19H24N4O2S.ClH/c1-13-5-2-3-7-15(13)18-22-16(12-26-18)19(25)23-10-4-6-14(11-23)17(24)21-9-8-20;/h2-3,5,7,12,14H,4,6,8-11,20H2,1H3,(H,21,24);1H. The summed E-state index contributed by atoms with van der Waals surface area (Å²) in [6.07, 6.45) is 1.62. The zero-order chi connectivity index (χ0) is 18.5. The van der Waals surface area contributed by atoms with Crippen LogP contribution < -0.4 is 11.1 Å². The first-order chi connectivity index (χ1) is 12.6. The van der Waals surface area contributed by atoms with Crippen molar-refractivity contribution in [1.82, 2.24) is 15.2 Å². The monoisotopic (exact) mass is 408 g/mol. The number of carbonyl (C=O) groups excluding carboxylic acids is 2. The summed E-state index contributed by atoms with van der Waals surface area (Å²) in [6.45, 7) is 4.02. The Morgan fingerprint density at radius 2 is 2.15 bits per heavy atom. The first-order valence-corrected chi connectivity index (χ1v) is 9.76. The van der Waals surface area contributed by atoms with Crippen molar-refractivity contribution < 1.29 is 9.59 Å². The quantitative estimate of drug-likeness (QED) is 0.795. The number of hydrogen-bond donors (Lipinski definition) is 2. The predicted molar refractivity (Wildman–Crippen MR) is 110 cm³/mol. The van der Waals surface area contributed by atoms with Gasteiger partial charge in [-0.25, -0.2) is 4.98 Å². The Balaban J connectivity index is 0.00000261. The molecule has 8 heteroatoms. The number of rotatable bonds is 5. The van der Waals surface area contributed by atoms with Crippen molar-refractivity contribution in [3.05, 3.63) is 40.9 Å². The molecule has 0 spiro atoms. The molecule has 2 heterocycles. The predicted octanol–water partition coefficient (Wildman–Crippen LogP) is 2.47. The third kappa shape index (κ3) is 5.06. The third-order valence-corrected chi connectivity index (χ3v) is 5.50. The summed E-state index contributed by atoms with van der Waals surface area (Å²) in [5, 5.41) is 5.47. The number of thiazole rings is 1. The van der Waals surface area contributed by atoms with Gasteiger partial charge in [-0.1, -0.05) is 24.3 Å². The van der Waals surface area contributed by atoms with E-state index in [0.29, 0.717) is 31.9 Å². The third-order valence-electron chi connectivity index (χ3n) is 4.62. The van der Waals surface area contributed by atoms with Gasteiger partial charge in [0.25, 0.3) is 5.91 Å². The number of benzene rings is 1. The first kappa shape index (κ1) is 21.3. The topological polar surface area (TPSA) is 88.3 Å². The summed E-state index contributed by atoms with van der Waals surface area (Å²) < 4.78 is 0. The van der Waals surface area contributed by atoms with Gasteiger partial charge in [0.1, 0.15) is 10.7 Å². The SMILES string of the molecule is Cc1ccccc1-c1nc(C(=O)N2CCCC(C(=O)NCCN)C2)cs1.Cl. The van der Waals surface area contributed by atoms with Crippen LogP contribution in [0.4, 0.5) is 0 Å². The highest BCUT2D eigenvalue weighted by molar-refractivity contribution is 7.13. The van der Waals surface area contributed by atoms with Crippen LogP contribution in [0, 0.1) is 12.8 Å². The highest BCUT2D eigenvalue weighted by Crippen LogP contribution is 2.27. The number of piperidine rings is 1. The van der Waals surface area contributed by atoms with Crippen LogP contribution in [-0.4, -0.2) is 47.9 Å². The zero-order valence-corrected chi connectivity index (χ0v) is 16.9. The van der Waals surface area contributed by atoms with Gasteiger partial charge in [-0.3, -0.25) is 9.59 Å². The number of nitrogens with zero attached hydrogens (tertiary/aromatic N) is 2. The Labute approximate surface area is 169 Å². The van der Waals surface area contributed by atoms with E-state index in [1.165, 1.54) is 11.3 Å². The fraction of sp³-hybridized carbons (Fsp3) is 0.421. The average Bonchev–Trinajstić information content (AvgIpc) is 3.16. The van der Waals surface area contributed by atoms with Gasteiger partial charge in [0.15, 0.2) is 0 Å². The van der Waals surface area contributed by atoms with Crippen LogP contribution in [0.25, 0.3) is 10.6 Å². The second kappa shape index (κ2) is 9.82. The summed E-state index contributed by atoms with van der Waals surface area (Å²) in [4.78, 5) is 31.3. The van der Waals surface area contributed by atoms with Gasteiger partial charge in [0.05, 0.1) is 5.92 Å². The Hall–Kier alpha value is -1.96. The van der Waals surface area contributed by atoms with E-state index in [4.69, 9.17) is 5.73 Å². The molecule has 2 amide bonds. The van der Waals surface area contributed by atoms with Gasteiger partial charge in [0, 0.05) is 37.1 Å². The summed E-state index contributed by atoms with van der Waals surface area (Å²) in [5.41, 5.74) is 8.07. The maximum absolute atomic E-state index is 12.8. The lowest BCUT2D eigenvalue weighted by Gasteiger charge is -2.31. The number of carbonyl (C=O) groups is 2. The highest BCUT2D eigenvalue weighted by atomic mass is 35.5. The molecule has 6 nitrogen and oxygen atoms in total. The summed E-state index contributed by atoms with van der Waals surface area (Å²) in [7, 11) is 0. The van der Waals surface area contributed by atoms with Crippen LogP contribution in [-0.2, 0) is 4.79 Å². The summed E-state index contributed by atoms with van der Waals surface area (Å²) in [5.74, 6) is -0.294. The molecule has 27 heavy (non-hydrogen) atoms. The molecule has 1 aromatic carbocycles. The smallest absolute Gasteiger partial charge is 0.273 e. The van der Waals surface area contributed by atoms with Crippen LogP contribution >= 0.6 is 23.7 Å². The van der Waals surface area contributed by atoms with Crippen molar-refractivity contribution in [3.63, 3.8) is 0 Å². The van der Waals surface area contributed by atoms with Gasteiger partial charge >= 0.3 is 0 Å². The molecule has 0 radical (unpaired) electrons. The van der Waals surface area contributed by atoms with Crippen molar-refractivity contribution in [2.45, 2.75) is 19.8 Å². The largest absolute Gasteiger partial charge is 0.355 e. The molecule has 1 fully saturated rings. The lowest BCUT2D eigenvalue weighted by molar-refractivity contribution is -0.126. The van der Waals surface area contributed by atoms with E-state index in [-0.39, 0.29) is 30.1 Å². The minimum atomic E-state index is -0.172. The average molecular weight is 409 g/mol. The molecule has 1 unspecified atom stereocenters. The highest BCUT2D eigenvalue weighted by Gasteiger charge is 2.29. The lowest BCUT2D eigenvalue weighted by Crippen LogP contribution is -2.46. The Morgan fingerprint density at radius 3 is 2.89 bits per heavy atom. The Bertz CT molecular complexity index is 796. The molecule has 2 aromatic rings. The lowest BCUT2D eigenvalue weighted by atomic mass is 9.97. The van der Waals surface area contributed by atoms with E-state index >= 15 is 0 Å². The van der Waals surface area contributed by atoms with E-state index < -0.39 is 0 Å². The molecule has 0 aliphatic carbocycles. The molecule has 1 aliphatic heterocycles. The molecular formula is C19H25ClN4O2S. The van der Waals surface area contributed by atoms with Crippen LogP contribution in [0.1, 0.15) is 28.9 Å². The van der Waals surface area contributed by atoms with Crippen LogP contribution in [0.5, 0.6) is 0 Å². The molecular weight excluding hydrogens is 384 g/mol. The maximum Gasteiger partial charge on any atom is 0.273 e. The fourth-order valence-corrected chi connectivity index (χ4v) is 4.07. The molecule has 1 atom stereocenters. The van der Waals surface area contributed by atoms with Gasteiger partial charge in [0.2, 0.25) is 5.91 Å². The van der Waals surface area contributed by atoms with E-state index in [1.54, 1.807) is 4.90 Å². The zero-order valence-electron chi connectivity index (χ0n) is 15.3. The van der Waals surface area contributed by atoms with E-state index in [2.05, 4.69) is 10.3 Å². The molecule has 146 valence electrons. The summed E-state index contributed by atoms with van der Waals surface area (Å²) >= 11 is 1.48. The van der Waals surface area contributed by atoms with Crippen molar-refractivity contribution in [3.8, 4) is 10.6 Å². The van der Waals surface area contributed by atoms with Crippen molar-refractivity contribution >= 4 is 35.6 Å². The van der Waals surface area contributed by atoms with Crippen molar-refractivity contribution in [2.24, 2.45) is 11.7 Å².